The quantitative estimate of drug-likeness (QED) is 0.784. The zero-order chi connectivity index (χ0) is 10.8. The minimum atomic E-state index is -0.358. The second kappa shape index (κ2) is 3.98. The maximum atomic E-state index is 12.8. The first-order chi connectivity index (χ1) is 7.16. The Morgan fingerprint density at radius 2 is 2.07 bits per heavy atom. The van der Waals surface area contributed by atoms with E-state index < -0.39 is 0 Å². The van der Waals surface area contributed by atoms with Crippen LogP contribution >= 0.6 is 11.6 Å². The molecule has 0 unspecified atom stereocenters. The van der Waals surface area contributed by atoms with Gasteiger partial charge in [-0.3, -0.25) is 0 Å². The van der Waals surface area contributed by atoms with E-state index in [0.29, 0.717) is 29.3 Å². The Hall–Kier alpha value is -1.42. The van der Waals surface area contributed by atoms with Crippen LogP contribution in [0.3, 0.4) is 0 Å². The lowest BCUT2D eigenvalue weighted by Crippen LogP contribution is -2.17. The van der Waals surface area contributed by atoms with Gasteiger partial charge < -0.3 is 5.73 Å². The maximum absolute atomic E-state index is 12.8. The van der Waals surface area contributed by atoms with Gasteiger partial charge in [0, 0.05) is 12.0 Å². The number of nitrogens with two attached hydrogens (primary N) is 1. The summed E-state index contributed by atoms with van der Waals surface area (Å²) in [4.78, 5) is 0. The van der Waals surface area contributed by atoms with Gasteiger partial charge in [0.1, 0.15) is 11.7 Å². The van der Waals surface area contributed by atoms with Gasteiger partial charge in [-0.2, -0.15) is 5.10 Å². The third-order valence-electron chi connectivity index (χ3n) is 2.16. The molecular weight excluding hydrogens is 217 g/mol. The van der Waals surface area contributed by atoms with Crippen LogP contribution in [-0.4, -0.2) is 11.5 Å². The Balaban J connectivity index is 2.38. The van der Waals surface area contributed by atoms with Crippen LogP contribution in [0.25, 0.3) is 0 Å². The minimum absolute atomic E-state index is 0.351. The highest BCUT2D eigenvalue weighted by Gasteiger charge is 2.13. The van der Waals surface area contributed by atoms with Gasteiger partial charge in [-0.15, -0.1) is 5.10 Å². The van der Waals surface area contributed by atoms with Crippen LogP contribution in [0.4, 0.5) is 4.39 Å². The fourth-order valence-electron chi connectivity index (χ4n) is 1.38. The monoisotopic (exact) mass is 225 g/mol. The van der Waals surface area contributed by atoms with Crippen LogP contribution in [0, 0.1) is 5.82 Å². The first kappa shape index (κ1) is 10.1. The standard InChI is InChI=1S/C10H9ClFN3/c11-8-5-6(12)1-2-7(8)9-3-4-10(13)15-14-9/h1-2,5H,3-4H2,(H2,13,15). The number of halogens is 2. The predicted octanol–water partition coefficient (Wildman–Crippen LogP) is 2.33. The number of hydrogen-bond acceptors (Lipinski definition) is 3. The second-order valence-electron chi connectivity index (χ2n) is 3.26. The summed E-state index contributed by atoms with van der Waals surface area (Å²) in [6.07, 6.45) is 1.34. The molecule has 3 nitrogen and oxygen atoms in total. The van der Waals surface area contributed by atoms with E-state index in [9.17, 15) is 4.39 Å². The lowest BCUT2D eigenvalue weighted by atomic mass is 10.0. The molecule has 0 fully saturated rings. The molecule has 2 rings (SSSR count). The number of rotatable bonds is 1. The lowest BCUT2D eigenvalue weighted by Gasteiger charge is -2.10. The van der Waals surface area contributed by atoms with Gasteiger partial charge in [0.2, 0.25) is 0 Å². The van der Waals surface area contributed by atoms with Crippen molar-refractivity contribution in [3.63, 3.8) is 0 Å². The Morgan fingerprint density at radius 1 is 1.27 bits per heavy atom. The summed E-state index contributed by atoms with van der Waals surface area (Å²) in [5.41, 5.74) is 6.95. The highest BCUT2D eigenvalue weighted by Crippen LogP contribution is 2.21. The van der Waals surface area contributed by atoms with Crippen molar-refractivity contribution in [2.45, 2.75) is 12.8 Å². The van der Waals surface area contributed by atoms with E-state index in [4.69, 9.17) is 17.3 Å². The molecule has 1 heterocycles. The first-order valence-corrected chi connectivity index (χ1v) is 4.89. The van der Waals surface area contributed by atoms with Crippen LogP contribution < -0.4 is 5.73 Å². The highest BCUT2D eigenvalue weighted by atomic mass is 35.5. The molecule has 15 heavy (non-hydrogen) atoms. The number of amidine groups is 1. The van der Waals surface area contributed by atoms with Gasteiger partial charge in [0.25, 0.3) is 0 Å². The van der Waals surface area contributed by atoms with E-state index in [1.807, 2.05) is 0 Å². The summed E-state index contributed by atoms with van der Waals surface area (Å²) in [6.45, 7) is 0. The van der Waals surface area contributed by atoms with Crippen molar-refractivity contribution in [2.75, 3.05) is 0 Å². The fraction of sp³-hybridized carbons (Fsp3) is 0.200. The van der Waals surface area contributed by atoms with E-state index in [-0.39, 0.29) is 5.82 Å². The Bertz CT molecular complexity index is 454. The summed E-state index contributed by atoms with van der Waals surface area (Å²) in [6, 6.07) is 4.22. The molecule has 0 aliphatic carbocycles. The summed E-state index contributed by atoms with van der Waals surface area (Å²) in [7, 11) is 0. The molecule has 0 spiro atoms. The highest BCUT2D eigenvalue weighted by molar-refractivity contribution is 6.34. The molecule has 0 aromatic heterocycles. The summed E-state index contributed by atoms with van der Waals surface area (Å²) in [5, 5.41) is 8.08. The molecule has 0 saturated heterocycles. The Morgan fingerprint density at radius 3 is 2.67 bits per heavy atom. The van der Waals surface area contributed by atoms with Crippen LogP contribution in [0.1, 0.15) is 18.4 Å². The predicted molar refractivity (Wildman–Crippen MR) is 58.8 cm³/mol. The molecule has 1 aliphatic rings. The van der Waals surface area contributed by atoms with Gasteiger partial charge in [-0.25, -0.2) is 4.39 Å². The number of hydrogen-bond donors (Lipinski definition) is 1. The van der Waals surface area contributed by atoms with Crippen LogP contribution in [0.5, 0.6) is 0 Å². The van der Waals surface area contributed by atoms with Gasteiger partial charge in [-0.05, 0) is 24.6 Å². The second-order valence-corrected chi connectivity index (χ2v) is 3.67. The SMILES string of the molecule is NC1=NN=C(c2ccc(F)cc2Cl)CC1. The van der Waals surface area contributed by atoms with E-state index in [1.54, 1.807) is 6.07 Å². The van der Waals surface area contributed by atoms with Crippen molar-refractivity contribution in [3.8, 4) is 0 Å². The van der Waals surface area contributed by atoms with Crippen molar-refractivity contribution in [1.29, 1.82) is 0 Å². The van der Waals surface area contributed by atoms with Crippen molar-refractivity contribution in [1.82, 2.24) is 0 Å². The maximum Gasteiger partial charge on any atom is 0.124 e. The molecule has 78 valence electrons. The largest absolute Gasteiger partial charge is 0.386 e. The van der Waals surface area contributed by atoms with Crippen molar-refractivity contribution in [3.05, 3.63) is 34.6 Å². The number of nitrogens with zero attached hydrogens (tertiary/aromatic N) is 2. The van der Waals surface area contributed by atoms with Crippen LogP contribution in [-0.2, 0) is 0 Å². The fourth-order valence-corrected chi connectivity index (χ4v) is 1.66. The molecule has 0 radical (unpaired) electrons. The van der Waals surface area contributed by atoms with Crippen LogP contribution in [0.15, 0.2) is 28.4 Å². The zero-order valence-electron chi connectivity index (χ0n) is 7.87. The van der Waals surface area contributed by atoms with E-state index in [2.05, 4.69) is 10.2 Å². The minimum Gasteiger partial charge on any atom is -0.386 e. The molecule has 0 amide bonds. The Labute approximate surface area is 91.5 Å². The summed E-state index contributed by atoms with van der Waals surface area (Å²) < 4.78 is 12.8. The van der Waals surface area contributed by atoms with Crippen molar-refractivity contribution in [2.24, 2.45) is 15.9 Å². The van der Waals surface area contributed by atoms with Crippen LogP contribution in [0.2, 0.25) is 5.02 Å². The topological polar surface area (TPSA) is 50.7 Å². The molecule has 5 heteroatoms. The lowest BCUT2D eigenvalue weighted by molar-refractivity contribution is 0.628. The Kier molecular flexibility index (Phi) is 2.68. The van der Waals surface area contributed by atoms with Gasteiger partial charge >= 0.3 is 0 Å². The average Bonchev–Trinajstić information content (AvgIpc) is 2.20. The summed E-state index contributed by atoms with van der Waals surface area (Å²) in [5.74, 6) is 0.153. The van der Waals surface area contributed by atoms with E-state index in [1.165, 1.54) is 12.1 Å². The third-order valence-corrected chi connectivity index (χ3v) is 2.47. The van der Waals surface area contributed by atoms with Crippen molar-refractivity contribution < 1.29 is 4.39 Å². The molecule has 1 aromatic rings. The molecule has 1 aliphatic heterocycles. The molecule has 0 bridgehead atoms. The van der Waals surface area contributed by atoms with E-state index in [0.717, 1.165) is 5.71 Å². The zero-order valence-corrected chi connectivity index (χ0v) is 8.63. The number of benzene rings is 1. The van der Waals surface area contributed by atoms with Gasteiger partial charge in [0.05, 0.1) is 10.7 Å². The molecule has 0 atom stereocenters. The molecule has 1 aromatic carbocycles. The van der Waals surface area contributed by atoms with E-state index >= 15 is 0 Å². The molecule has 2 N–H and O–H groups in total. The van der Waals surface area contributed by atoms with Gasteiger partial charge in [-0.1, -0.05) is 11.6 Å². The first-order valence-electron chi connectivity index (χ1n) is 4.51. The van der Waals surface area contributed by atoms with Crippen molar-refractivity contribution >= 4 is 23.1 Å². The molecular formula is C10H9ClFN3. The smallest absolute Gasteiger partial charge is 0.124 e. The average molecular weight is 226 g/mol. The molecule has 0 saturated carbocycles. The normalized spacial score (nSPS) is 15.9. The van der Waals surface area contributed by atoms with Gasteiger partial charge in [0.15, 0.2) is 0 Å². The summed E-state index contributed by atoms with van der Waals surface area (Å²) >= 11 is 5.90. The third kappa shape index (κ3) is 2.15.